The van der Waals surface area contributed by atoms with E-state index in [1.54, 1.807) is 24.3 Å². The molecule has 0 aliphatic rings. The summed E-state index contributed by atoms with van der Waals surface area (Å²) in [5, 5.41) is 8.92. The summed E-state index contributed by atoms with van der Waals surface area (Å²) in [5.74, 6) is -0.653. The quantitative estimate of drug-likeness (QED) is 0.235. The highest BCUT2D eigenvalue weighted by Crippen LogP contribution is 2.02. The molecule has 4 heteroatoms. The highest BCUT2D eigenvalue weighted by molar-refractivity contribution is 5.92. The van der Waals surface area contributed by atoms with Gasteiger partial charge in [-0.2, -0.15) is 5.26 Å². The first kappa shape index (κ1) is 17.5. The lowest BCUT2D eigenvalue weighted by Gasteiger charge is -2.02. The molecule has 20 heavy (non-hydrogen) atoms. The minimum atomic E-state index is -0.653. The van der Waals surface area contributed by atoms with Crippen LogP contribution in [0.4, 0.5) is 0 Å². The summed E-state index contributed by atoms with van der Waals surface area (Å²) < 4.78 is 4.89. The number of ether oxygens (including phenoxy) is 1. The van der Waals surface area contributed by atoms with Crippen molar-refractivity contribution < 1.29 is 9.53 Å². The van der Waals surface area contributed by atoms with Gasteiger partial charge in [0, 0.05) is 14.1 Å². The number of allylic oxidation sites excluding steroid dienone is 4. The van der Waals surface area contributed by atoms with Crippen LogP contribution in [0.3, 0.4) is 0 Å². The molecule has 4 nitrogen and oxygen atoms in total. The van der Waals surface area contributed by atoms with Crippen molar-refractivity contribution >= 4 is 5.97 Å². The van der Waals surface area contributed by atoms with E-state index in [4.69, 9.17) is 10.00 Å². The van der Waals surface area contributed by atoms with E-state index in [0.717, 1.165) is 5.57 Å². The minimum absolute atomic E-state index is 0.147. The van der Waals surface area contributed by atoms with E-state index in [1.807, 2.05) is 38.2 Å². The average Bonchev–Trinajstić information content (AvgIpc) is 2.42. The first-order valence-corrected chi connectivity index (χ1v) is 6.26. The van der Waals surface area contributed by atoms with Crippen LogP contribution in [0.5, 0.6) is 0 Å². The fraction of sp³-hybridized carbons (Fsp3) is 0.312. The fourth-order valence-electron chi connectivity index (χ4n) is 1.08. The Morgan fingerprint density at radius 3 is 2.65 bits per heavy atom. The highest BCUT2D eigenvalue weighted by Gasteiger charge is 2.08. The van der Waals surface area contributed by atoms with Crippen LogP contribution < -0.4 is 0 Å². The third-order valence-electron chi connectivity index (χ3n) is 2.01. The van der Waals surface area contributed by atoms with E-state index in [0.29, 0.717) is 13.0 Å². The molecule has 0 saturated carbocycles. The maximum absolute atomic E-state index is 11.5. The molecule has 0 saturated heterocycles. The van der Waals surface area contributed by atoms with Crippen molar-refractivity contribution in [3.05, 3.63) is 54.0 Å². The lowest BCUT2D eigenvalue weighted by Crippen LogP contribution is -2.06. The number of nitrogens with zero attached hydrogens (tertiary/aromatic N) is 2. The monoisotopic (exact) mass is 272 g/mol. The first-order chi connectivity index (χ1) is 9.54. The SMILES string of the molecule is C=C/C=C(C=C=C(C#N)C(=O)OCCC)\C=C/N(C)C. The Morgan fingerprint density at radius 2 is 2.15 bits per heavy atom. The third kappa shape index (κ3) is 7.75. The van der Waals surface area contributed by atoms with Gasteiger partial charge in [-0.25, -0.2) is 4.79 Å². The summed E-state index contributed by atoms with van der Waals surface area (Å²) in [6.07, 6.45) is 9.29. The van der Waals surface area contributed by atoms with Gasteiger partial charge < -0.3 is 9.64 Å². The van der Waals surface area contributed by atoms with Gasteiger partial charge in [-0.1, -0.05) is 31.4 Å². The average molecular weight is 272 g/mol. The van der Waals surface area contributed by atoms with Gasteiger partial charge in [0.2, 0.25) is 0 Å². The third-order valence-corrected chi connectivity index (χ3v) is 2.01. The zero-order chi connectivity index (χ0) is 15.4. The van der Waals surface area contributed by atoms with Crippen molar-refractivity contribution in [3.63, 3.8) is 0 Å². The van der Waals surface area contributed by atoms with Gasteiger partial charge in [-0.05, 0) is 30.3 Å². The maximum atomic E-state index is 11.5. The lowest BCUT2D eigenvalue weighted by atomic mass is 10.2. The number of esters is 1. The molecule has 0 aromatic carbocycles. The summed E-state index contributed by atoms with van der Waals surface area (Å²) in [7, 11) is 3.79. The highest BCUT2D eigenvalue weighted by atomic mass is 16.5. The number of hydrogen-bond acceptors (Lipinski definition) is 4. The normalized spacial score (nSPS) is 10.4. The Morgan fingerprint density at radius 1 is 1.45 bits per heavy atom. The van der Waals surface area contributed by atoms with E-state index >= 15 is 0 Å². The molecule has 0 fully saturated rings. The number of rotatable bonds is 7. The van der Waals surface area contributed by atoms with E-state index < -0.39 is 5.97 Å². The summed E-state index contributed by atoms with van der Waals surface area (Å²) in [6.45, 7) is 5.79. The fourth-order valence-corrected chi connectivity index (χ4v) is 1.08. The minimum Gasteiger partial charge on any atom is -0.461 e. The summed E-state index contributed by atoms with van der Waals surface area (Å²) >= 11 is 0. The van der Waals surface area contributed by atoms with Crippen LogP contribution in [0.2, 0.25) is 0 Å². The Bertz CT molecular complexity index is 499. The van der Waals surface area contributed by atoms with Crippen molar-refractivity contribution in [3.8, 4) is 6.07 Å². The van der Waals surface area contributed by atoms with Crippen molar-refractivity contribution in [2.75, 3.05) is 20.7 Å². The number of nitriles is 1. The van der Waals surface area contributed by atoms with Gasteiger partial charge >= 0.3 is 5.97 Å². The molecule has 0 spiro atoms. The van der Waals surface area contributed by atoms with E-state index in [2.05, 4.69) is 12.3 Å². The molecule has 0 amide bonds. The predicted molar refractivity (Wildman–Crippen MR) is 79.6 cm³/mol. The van der Waals surface area contributed by atoms with Crippen molar-refractivity contribution in [1.29, 1.82) is 5.26 Å². The second-order valence-electron chi connectivity index (χ2n) is 4.09. The van der Waals surface area contributed by atoms with Crippen LogP contribution in [-0.2, 0) is 9.53 Å². The van der Waals surface area contributed by atoms with E-state index in [9.17, 15) is 4.79 Å². The molecule has 0 N–H and O–H groups in total. The van der Waals surface area contributed by atoms with E-state index in [1.165, 1.54) is 0 Å². The van der Waals surface area contributed by atoms with Crippen molar-refractivity contribution in [1.82, 2.24) is 4.90 Å². The molecular formula is C16H20N2O2. The van der Waals surface area contributed by atoms with Gasteiger partial charge in [0.05, 0.1) is 6.61 Å². The first-order valence-electron chi connectivity index (χ1n) is 6.26. The largest absolute Gasteiger partial charge is 0.461 e. The molecule has 0 aromatic rings. The molecule has 0 heterocycles. The molecule has 0 aliphatic heterocycles. The summed E-state index contributed by atoms with van der Waals surface area (Å²) in [6, 6.07) is 1.79. The summed E-state index contributed by atoms with van der Waals surface area (Å²) in [5.41, 5.74) is 3.28. The zero-order valence-electron chi connectivity index (χ0n) is 12.2. The molecule has 0 radical (unpaired) electrons. The lowest BCUT2D eigenvalue weighted by molar-refractivity contribution is -0.138. The second kappa shape index (κ2) is 10.4. The number of carbonyl (C=O) groups excluding carboxylic acids is 1. The van der Waals surface area contributed by atoms with Gasteiger partial charge in [-0.3, -0.25) is 0 Å². The van der Waals surface area contributed by atoms with Gasteiger partial charge in [0.1, 0.15) is 6.07 Å². The van der Waals surface area contributed by atoms with Gasteiger partial charge in [0.15, 0.2) is 5.57 Å². The smallest absolute Gasteiger partial charge is 0.356 e. The standard InChI is InChI=1S/C16H20N2O2/c1-5-7-14(10-11-18(3)4)8-9-15(13-17)16(19)20-12-6-2/h5,7-8,10-11H,1,6,12H2,2-4H3/b11-10-,14-7-. The Balaban J connectivity index is 5.18. The topological polar surface area (TPSA) is 53.3 Å². The zero-order valence-corrected chi connectivity index (χ0v) is 12.2. The molecule has 0 unspecified atom stereocenters. The van der Waals surface area contributed by atoms with Crippen LogP contribution in [0.1, 0.15) is 13.3 Å². The second-order valence-corrected chi connectivity index (χ2v) is 4.09. The van der Waals surface area contributed by atoms with Gasteiger partial charge in [-0.15, -0.1) is 0 Å². The molecule has 106 valence electrons. The molecule has 0 atom stereocenters. The van der Waals surface area contributed by atoms with Crippen molar-refractivity contribution in [2.45, 2.75) is 13.3 Å². The molecule has 0 bridgehead atoms. The van der Waals surface area contributed by atoms with Crippen LogP contribution in [0.15, 0.2) is 54.0 Å². The maximum Gasteiger partial charge on any atom is 0.356 e. The number of carbonyl (C=O) groups is 1. The van der Waals surface area contributed by atoms with Crippen LogP contribution >= 0.6 is 0 Å². The molecule has 0 rings (SSSR count). The Labute approximate surface area is 120 Å². The number of hydrogen-bond donors (Lipinski definition) is 0. The Kier molecular flexibility index (Phi) is 9.12. The van der Waals surface area contributed by atoms with Crippen LogP contribution in [0, 0.1) is 11.3 Å². The van der Waals surface area contributed by atoms with Crippen LogP contribution in [-0.4, -0.2) is 31.6 Å². The summed E-state index contributed by atoms with van der Waals surface area (Å²) in [4.78, 5) is 13.4. The molecule has 0 aliphatic carbocycles. The Hall–Kier alpha value is -2.50. The molecule has 0 aromatic heterocycles. The predicted octanol–water partition coefficient (Wildman–Crippen LogP) is 2.73. The van der Waals surface area contributed by atoms with E-state index in [-0.39, 0.29) is 5.57 Å². The van der Waals surface area contributed by atoms with Crippen molar-refractivity contribution in [2.24, 2.45) is 0 Å². The van der Waals surface area contributed by atoms with Gasteiger partial charge in [0.25, 0.3) is 0 Å². The van der Waals surface area contributed by atoms with Crippen LogP contribution in [0.25, 0.3) is 0 Å². The molecular weight excluding hydrogens is 252 g/mol.